The average Bonchev–Trinajstić information content (AvgIpc) is 3.68. The van der Waals surface area contributed by atoms with E-state index in [9.17, 15) is 14.4 Å². The summed E-state index contributed by atoms with van der Waals surface area (Å²) in [4.78, 5) is 52.0. The van der Waals surface area contributed by atoms with Gasteiger partial charge in [0.15, 0.2) is 0 Å². The Labute approximate surface area is 305 Å². The van der Waals surface area contributed by atoms with E-state index in [0.29, 0.717) is 31.1 Å². The minimum Gasteiger partial charge on any atom is -0.489 e. The summed E-state index contributed by atoms with van der Waals surface area (Å²) in [7, 11) is 1.69. The standard InChI is InChI=1S/C42H46N6O4/c1-47(26-32-12-5-2-6-13-32)41(51)46-38(24-36-25-43-31-45-36)40(50)48(27-33-18-20-37(21-19-33)52-29-34-14-7-3-8-15-34)28-39(49)44-30-42(22-11-23-42)35-16-9-4-10-17-35/h2-10,12-21,25,31,38H,11,22-24,26-30H2,1H3,(H,43,45)(H,44,49)(H,46,51)/t38-/m0/s1. The number of hydrogen-bond donors (Lipinski definition) is 3. The van der Waals surface area contributed by atoms with Crippen molar-refractivity contribution < 1.29 is 19.1 Å². The maximum absolute atomic E-state index is 14.5. The Balaban J connectivity index is 1.19. The number of aromatic amines is 1. The molecule has 1 fully saturated rings. The van der Waals surface area contributed by atoms with Crippen LogP contribution in [0.3, 0.4) is 0 Å². The number of benzene rings is 4. The summed E-state index contributed by atoms with van der Waals surface area (Å²) in [6.07, 6.45) is 6.48. The van der Waals surface area contributed by atoms with Crippen molar-refractivity contribution in [2.24, 2.45) is 0 Å². The second kappa shape index (κ2) is 17.4. The minimum atomic E-state index is -0.974. The molecule has 0 aliphatic heterocycles. The normalized spacial score (nSPS) is 13.6. The van der Waals surface area contributed by atoms with Gasteiger partial charge in [-0.1, -0.05) is 110 Å². The zero-order chi connectivity index (χ0) is 36.2. The molecular formula is C42H46N6O4. The van der Waals surface area contributed by atoms with Crippen LogP contribution in [0.1, 0.15) is 47.2 Å². The number of urea groups is 1. The first-order chi connectivity index (χ1) is 25.4. The highest BCUT2D eigenvalue weighted by molar-refractivity contribution is 5.90. The van der Waals surface area contributed by atoms with Crippen molar-refractivity contribution in [3.8, 4) is 5.75 Å². The zero-order valence-corrected chi connectivity index (χ0v) is 29.5. The van der Waals surface area contributed by atoms with Crippen LogP contribution in [-0.4, -0.2) is 63.8 Å². The molecule has 52 heavy (non-hydrogen) atoms. The van der Waals surface area contributed by atoms with Gasteiger partial charge in [-0.05, 0) is 47.2 Å². The van der Waals surface area contributed by atoms with E-state index in [0.717, 1.165) is 36.0 Å². The molecule has 0 saturated heterocycles. The van der Waals surface area contributed by atoms with Gasteiger partial charge in [0, 0.05) is 44.7 Å². The third-order valence-electron chi connectivity index (χ3n) is 9.69. The molecule has 268 valence electrons. The quantitative estimate of drug-likeness (QED) is 0.117. The number of imidazole rings is 1. The first kappa shape index (κ1) is 35.9. The Hall–Kier alpha value is -5.90. The van der Waals surface area contributed by atoms with Crippen LogP contribution < -0.4 is 15.4 Å². The Morgan fingerprint density at radius 2 is 1.46 bits per heavy atom. The lowest BCUT2D eigenvalue weighted by Gasteiger charge is -2.42. The molecule has 0 bridgehead atoms. The summed E-state index contributed by atoms with van der Waals surface area (Å²) in [6, 6.07) is 36.0. The van der Waals surface area contributed by atoms with E-state index in [-0.39, 0.29) is 36.7 Å². The molecule has 1 heterocycles. The van der Waals surface area contributed by atoms with Gasteiger partial charge in [0.25, 0.3) is 0 Å². The van der Waals surface area contributed by atoms with Gasteiger partial charge in [0.1, 0.15) is 18.4 Å². The third kappa shape index (κ3) is 9.66. The average molecular weight is 699 g/mol. The van der Waals surface area contributed by atoms with Crippen LogP contribution in [0.5, 0.6) is 5.75 Å². The maximum Gasteiger partial charge on any atom is 0.318 e. The molecule has 0 spiro atoms. The monoisotopic (exact) mass is 698 g/mol. The van der Waals surface area contributed by atoms with Crippen LogP contribution in [0.15, 0.2) is 128 Å². The lowest BCUT2D eigenvalue weighted by atomic mass is 9.64. The summed E-state index contributed by atoms with van der Waals surface area (Å²) in [5.41, 5.74) is 4.56. The molecule has 0 radical (unpaired) electrons. The van der Waals surface area contributed by atoms with Crippen LogP contribution in [-0.2, 0) is 41.1 Å². The van der Waals surface area contributed by atoms with E-state index in [4.69, 9.17) is 4.74 Å². The second-order valence-corrected chi connectivity index (χ2v) is 13.5. The minimum absolute atomic E-state index is 0.110. The van der Waals surface area contributed by atoms with Crippen LogP contribution in [0.25, 0.3) is 0 Å². The SMILES string of the molecule is CN(Cc1ccccc1)C(=O)N[C@@H](Cc1c[nH]cn1)C(=O)N(CC(=O)NCC1(c2ccccc2)CCC1)Cc1ccc(OCc2ccccc2)cc1. The molecule has 1 aliphatic rings. The zero-order valence-electron chi connectivity index (χ0n) is 29.5. The van der Waals surface area contributed by atoms with Gasteiger partial charge < -0.3 is 30.2 Å². The number of amides is 4. The number of hydrogen-bond acceptors (Lipinski definition) is 5. The van der Waals surface area contributed by atoms with E-state index in [1.165, 1.54) is 21.7 Å². The first-order valence-electron chi connectivity index (χ1n) is 17.8. The van der Waals surface area contributed by atoms with Crippen molar-refractivity contribution in [3.63, 3.8) is 0 Å². The van der Waals surface area contributed by atoms with E-state index >= 15 is 0 Å². The largest absolute Gasteiger partial charge is 0.489 e. The highest BCUT2D eigenvalue weighted by atomic mass is 16.5. The van der Waals surface area contributed by atoms with Crippen LogP contribution >= 0.6 is 0 Å². The topological polar surface area (TPSA) is 120 Å². The lowest BCUT2D eigenvalue weighted by Crippen LogP contribution is -2.54. The number of rotatable bonds is 16. The maximum atomic E-state index is 14.5. The number of carbonyl (C=O) groups is 3. The van der Waals surface area contributed by atoms with Crippen LogP contribution in [0.2, 0.25) is 0 Å². The van der Waals surface area contributed by atoms with Crippen molar-refractivity contribution in [1.29, 1.82) is 0 Å². The molecule has 1 atom stereocenters. The van der Waals surface area contributed by atoms with E-state index in [1.807, 2.05) is 103 Å². The summed E-state index contributed by atoms with van der Waals surface area (Å²) in [5, 5.41) is 6.08. The first-order valence-corrected chi connectivity index (χ1v) is 17.8. The molecule has 5 aromatic rings. The van der Waals surface area contributed by atoms with Gasteiger partial charge in [-0.2, -0.15) is 0 Å². The highest BCUT2D eigenvalue weighted by Crippen LogP contribution is 2.43. The molecule has 1 aliphatic carbocycles. The van der Waals surface area contributed by atoms with Gasteiger partial charge in [-0.3, -0.25) is 9.59 Å². The summed E-state index contributed by atoms with van der Waals surface area (Å²) >= 11 is 0. The molecule has 10 nitrogen and oxygen atoms in total. The van der Waals surface area contributed by atoms with Gasteiger partial charge in [-0.15, -0.1) is 0 Å². The Morgan fingerprint density at radius 3 is 2.08 bits per heavy atom. The van der Waals surface area contributed by atoms with Gasteiger partial charge in [0.05, 0.1) is 18.6 Å². The Bertz CT molecular complexity index is 1860. The van der Waals surface area contributed by atoms with Crippen molar-refractivity contribution >= 4 is 17.8 Å². The summed E-state index contributed by atoms with van der Waals surface area (Å²) < 4.78 is 5.98. The number of H-pyrrole nitrogens is 1. The van der Waals surface area contributed by atoms with Crippen molar-refractivity contribution in [2.45, 2.75) is 56.8 Å². The number of nitrogens with one attached hydrogen (secondary N) is 3. The van der Waals surface area contributed by atoms with Crippen LogP contribution in [0.4, 0.5) is 4.79 Å². The van der Waals surface area contributed by atoms with E-state index in [1.54, 1.807) is 13.2 Å². The number of ether oxygens (including phenoxy) is 1. The fraction of sp³-hybridized carbons (Fsp3) is 0.286. The molecule has 4 aromatic carbocycles. The molecule has 1 saturated carbocycles. The van der Waals surface area contributed by atoms with Crippen molar-refractivity contribution in [1.82, 2.24) is 30.4 Å². The smallest absolute Gasteiger partial charge is 0.318 e. The fourth-order valence-corrected chi connectivity index (χ4v) is 6.54. The Morgan fingerprint density at radius 1 is 0.827 bits per heavy atom. The van der Waals surface area contributed by atoms with Gasteiger partial charge in [-0.25, -0.2) is 9.78 Å². The van der Waals surface area contributed by atoms with Crippen molar-refractivity contribution in [3.05, 3.63) is 156 Å². The molecule has 4 amide bonds. The molecular weight excluding hydrogens is 653 g/mol. The highest BCUT2D eigenvalue weighted by Gasteiger charge is 2.39. The van der Waals surface area contributed by atoms with Gasteiger partial charge in [0.2, 0.25) is 11.8 Å². The number of nitrogens with zero attached hydrogens (tertiary/aromatic N) is 3. The molecule has 0 unspecified atom stereocenters. The summed E-state index contributed by atoms with van der Waals surface area (Å²) in [6.45, 7) is 1.26. The Kier molecular flexibility index (Phi) is 12.0. The molecule has 10 heteroatoms. The fourth-order valence-electron chi connectivity index (χ4n) is 6.54. The molecule has 3 N–H and O–H groups in total. The predicted octanol–water partition coefficient (Wildman–Crippen LogP) is 6.01. The van der Waals surface area contributed by atoms with Crippen LogP contribution in [0, 0.1) is 0 Å². The van der Waals surface area contributed by atoms with Gasteiger partial charge >= 0.3 is 6.03 Å². The summed E-state index contributed by atoms with van der Waals surface area (Å²) in [5.74, 6) is 0.0508. The molecule has 6 rings (SSSR count). The van der Waals surface area contributed by atoms with E-state index < -0.39 is 12.1 Å². The number of carbonyl (C=O) groups excluding carboxylic acids is 3. The number of aromatic nitrogens is 2. The second-order valence-electron chi connectivity index (χ2n) is 13.5. The molecule has 1 aromatic heterocycles. The lowest BCUT2D eigenvalue weighted by molar-refractivity contribution is -0.138. The third-order valence-corrected chi connectivity index (χ3v) is 9.69. The van der Waals surface area contributed by atoms with E-state index in [2.05, 4.69) is 32.7 Å². The predicted molar refractivity (Wildman–Crippen MR) is 200 cm³/mol. The van der Waals surface area contributed by atoms with Crippen molar-refractivity contribution in [2.75, 3.05) is 20.1 Å².